The Morgan fingerprint density at radius 1 is 1.24 bits per heavy atom. The van der Waals surface area contributed by atoms with E-state index in [2.05, 4.69) is 42.9 Å². The Bertz CT molecular complexity index is 439. The van der Waals surface area contributed by atoms with Crippen molar-refractivity contribution >= 4 is 5.82 Å². The van der Waals surface area contributed by atoms with E-state index >= 15 is 0 Å². The number of rotatable bonds is 4. The Morgan fingerprint density at radius 2 is 2.05 bits per heavy atom. The van der Waals surface area contributed by atoms with Crippen LogP contribution in [0, 0.1) is 11.3 Å². The number of hydrogen-bond donors (Lipinski definition) is 1. The Hall–Kier alpha value is -1.16. The summed E-state index contributed by atoms with van der Waals surface area (Å²) in [6, 6.07) is 0. The Kier molecular flexibility index (Phi) is 5.57. The molecule has 1 saturated heterocycles. The highest BCUT2D eigenvalue weighted by molar-refractivity contribution is 5.36. The van der Waals surface area contributed by atoms with Crippen molar-refractivity contribution in [3.05, 3.63) is 18.1 Å². The fourth-order valence-electron chi connectivity index (χ4n) is 3.08. The average Bonchev–Trinajstić information content (AvgIpc) is 2.71. The van der Waals surface area contributed by atoms with Gasteiger partial charge >= 0.3 is 0 Å². The SMILES string of the molecule is CCNCc1cncc(N2CCCC(C(C)(C)C)CC2)n1. The van der Waals surface area contributed by atoms with E-state index in [1.165, 1.54) is 19.3 Å². The van der Waals surface area contributed by atoms with Gasteiger partial charge in [-0.1, -0.05) is 27.7 Å². The first-order valence-electron chi connectivity index (χ1n) is 8.27. The van der Waals surface area contributed by atoms with Gasteiger partial charge in [0.15, 0.2) is 0 Å². The van der Waals surface area contributed by atoms with Crippen molar-refractivity contribution in [1.29, 1.82) is 0 Å². The van der Waals surface area contributed by atoms with Gasteiger partial charge in [0.2, 0.25) is 0 Å². The zero-order valence-corrected chi connectivity index (χ0v) is 14.0. The predicted octanol–water partition coefficient (Wildman–Crippen LogP) is 3.24. The van der Waals surface area contributed by atoms with E-state index in [0.29, 0.717) is 5.41 Å². The minimum atomic E-state index is 0.411. The van der Waals surface area contributed by atoms with Gasteiger partial charge in [-0.25, -0.2) is 4.98 Å². The van der Waals surface area contributed by atoms with E-state index in [-0.39, 0.29) is 0 Å². The molecular formula is C17H30N4. The third kappa shape index (κ3) is 4.67. The average molecular weight is 290 g/mol. The van der Waals surface area contributed by atoms with Crippen LogP contribution in [0.1, 0.15) is 52.7 Å². The smallest absolute Gasteiger partial charge is 0.147 e. The summed E-state index contributed by atoms with van der Waals surface area (Å²) in [6.45, 7) is 13.2. The summed E-state index contributed by atoms with van der Waals surface area (Å²) < 4.78 is 0. The van der Waals surface area contributed by atoms with Gasteiger partial charge in [-0.05, 0) is 37.1 Å². The van der Waals surface area contributed by atoms with Crippen molar-refractivity contribution in [1.82, 2.24) is 15.3 Å². The van der Waals surface area contributed by atoms with Gasteiger partial charge in [0, 0.05) is 25.8 Å². The molecule has 1 unspecified atom stereocenters. The normalized spacial score (nSPS) is 20.4. The fourth-order valence-corrected chi connectivity index (χ4v) is 3.08. The lowest BCUT2D eigenvalue weighted by molar-refractivity contribution is 0.220. The molecule has 0 aromatic carbocycles. The Morgan fingerprint density at radius 3 is 2.76 bits per heavy atom. The van der Waals surface area contributed by atoms with Crippen LogP contribution in [-0.2, 0) is 6.54 Å². The lowest BCUT2D eigenvalue weighted by Crippen LogP contribution is -2.27. The van der Waals surface area contributed by atoms with E-state index in [9.17, 15) is 0 Å². The maximum Gasteiger partial charge on any atom is 0.147 e. The number of nitrogens with one attached hydrogen (secondary N) is 1. The first kappa shape index (κ1) is 16.2. The van der Waals surface area contributed by atoms with Gasteiger partial charge in [0.1, 0.15) is 5.82 Å². The van der Waals surface area contributed by atoms with Crippen LogP contribution in [-0.4, -0.2) is 29.6 Å². The van der Waals surface area contributed by atoms with E-state index in [1.807, 2.05) is 12.4 Å². The molecule has 21 heavy (non-hydrogen) atoms. The van der Waals surface area contributed by atoms with Crippen LogP contribution in [0.3, 0.4) is 0 Å². The molecule has 2 heterocycles. The first-order valence-corrected chi connectivity index (χ1v) is 8.27. The van der Waals surface area contributed by atoms with Gasteiger partial charge < -0.3 is 10.2 Å². The van der Waals surface area contributed by atoms with Crippen LogP contribution in [0.4, 0.5) is 5.82 Å². The molecule has 0 aliphatic carbocycles. The van der Waals surface area contributed by atoms with Gasteiger partial charge in [-0.15, -0.1) is 0 Å². The molecule has 1 aromatic rings. The van der Waals surface area contributed by atoms with Crippen molar-refractivity contribution in [3.63, 3.8) is 0 Å². The molecule has 1 N–H and O–H groups in total. The molecular weight excluding hydrogens is 260 g/mol. The largest absolute Gasteiger partial charge is 0.355 e. The number of aromatic nitrogens is 2. The van der Waals surface area contributed by atoms with Gasteiger partial charge in [-0.3, -0.25) is 4.98 Å². The maximum absolute atomic E-state index is 4.76. The number of anilines is 1. The highest BCUT2D eigenvalue weighted by Crippen LogP contribution is 2.34. The zero-order valence-electron chi connectivity index (χ0n) is 14.0. The lowest BCUT2D eigenvalue weighted by Gasteiger charge is -2.29. The number of hydrogen-bond acceptors (Lipinski definition) is 4. The van der Waals surface area contributed by atoms with Crippen LogP contribution < -0.4 is 10.2 Å². The molecule has 1 atom stereocenters. The second-order valence-corrected chi connectivity index (χ2v) is 7.13. The standard InChI is InChI=1S/C17H30N4/c1-5-18-11-15-12-19-13-16(20-15)21-9-6-7-14(8-10-21)17(2,3)4/h12-14,18H,5-11H2,1-4H3. The van der Waals surface area contributed by atoms with Crippen LogP contribution in [0.2, 0.25) is 0 Å². The second-order valence-electron chi connectivity index (χ2n) is 7.13. The first-order chi connectivity index (χ1) is 10.0. The topological polar surface area (TPSA) is 41.1 Å². The van der Waals surface area contributed by atoms with E-state index in [1.54, 1.807) is 0 Å². The molecule has 0 spiro atoms. The molecule has 4 heteroatoms. The van der Waals surface area contributed by atoms with Gasteiger partial charge in [0.05, 0.1) is 11.9 Å². The second kappa shape index (κ2) is 7.21. The van der Waals surface area contributed by atoms with Crippen LogP contribution in [0.5, 0.6) is 0 Å². The predicted molar refractivity (Wildman–Crippen MR) is 88.4 cm³/mol. The van der Waals surface area contributed by atoms with Crippen molar-refractivity contribution in [2.24, 2.45) is 11.3 Å². The Balaban J connectivity index is 2.02. The molecule has 1 aliphatic rings. The number of nitrogens with zero attached hydrogens (tertiary/aromatic N) is 3. The Labute approximate surface area is 129 Å². The maximum atomic E-state index is 4.76. The minimum absolute atomic E-state index is 0.411. The lowest BCUT2D eigenvalue weighted by atomic mass is 9.77. The summed E-state index contributed by atoms with van der Waals surface area (Å²) in [7, 11) is 0. The van der Waals surface area contributed by atoms with Crippen molar-refractivity contribution in [2.45, 2.75) is 53.5 Å². The highest BCUT2D eigenvalue weighted by atomic mass is 15.2. The quantitative estimate of drug-likeness (QED) is 0.924. The molecule has 0 radical (unpaired) electrons. The van der Waals surface area contributed by atoms with Crippen molar-refractivity contribution in [3.8, 4) is 0 Å². The molecule has 2 rings (SSSR count). The van der Waals surface area contributed by atoms with E-state index < -0.39 is 0 Å². The summed E-state index contributed by atoms with van der Waals surface area (Å²) in [6.07, 6.45) is 7.60. The minimum Gasteiger partial charge on any atom is -0.355 e. The summed E-state index contributed by atoms with van der Waals surface area (Å²) in [4.78, 5) is 11.5. The highest BCUT2D eigenvalue weighted by Gasteiger charge is 2.27. The molecule has 0 saturated carbocycles. The van der Waals surface area contributed by atoms with Crippen LogP contribution in [0.25, 0.3) is 0 Å². The monoisotopic (exact) mass is 290 g/mol. The third-order valence-electron chi connectivity index (χ3n) is 4.50. The molecule has 1 aliphatic heterocycles. The van der Waals surface area contributed by atoms with Crippen molar-refractivity contribution in [2.75, 3.05) is 24.5 Å². The van der Waals surface area contributed by atoms with Crippen LogP contribution in [0.15, 0.2) is 12.4 Å². The fraction of sp³-hybridized carbons (Fsp3) is 0.765. The molecule has 1 fully saturated rings. The van der Waals surface area contributed by atoms with Gasteiger partial charge in [0.25, 0.3) is 0 Å². The summed E-state index contributed by atoms with van der Waals surface area (Å²) >= 11 is 0. The zero-order chi connectivity index (χ0) is 15.3. The molecule has 1 aromatic heterocycles. The molecule has 0 amide bonds. The van der Waals surface area contributed by atoms with Crippen molar-refractivity contribution < 1.29 is 0 Å². The van der Waals surface area contributed by atoms with Gasteiger partial charge in [-0.2, -0.15) is 0 Å². The summed E-state index contributed by atoms with van der Waals surface area (Å²) in [5.74, 6) is 1.85. The van der Waals surface area contributed by atoms with E-state index in [4.69, 9.17) is 4.98 Å². The van der Waals surface area contributed by atoms with Crippen LogP contribution >= 0.6 is 0 Å². The third-order valence-corrected chi connectivity index (χ3v) is 4.50. The molecule has 4 nitrogen and oxygen atoms in total. The molecule has 0 bridgehead atoms. The summed E-state index contributed by atoms with van der Waals surface area (Å²) in [5, 5.41) is 3.31. The molecule has 118 valence electrons. The van der Waals surface area contributed by atoms with E-state index in [0.717, 1.165) is 43.6 Å². The summed E-state index contributed by atoms with van der Waals surface area (Å²) in [5.41, 5.74) is 1.44.